The van der Waals surface area contributed by atoms with E-state index in [0.717, 1.165) is 172 Å². The number of ether oxygens (including phenoxy) is 3. The van der Waals surface area contributed by atoms with Crippen molar-refractivity contribution in [2.24, 2.45) is 0 Å². The Balaban J connectivity index is 0.000000124. The molecule has 0 bridgehead atoms. The number of benzene rings is 16. The number of anilines is 6. The van der Waals surface area contributed by atoms with Crippen LogP contribution in [0.3, 0.4) is 0 Å². The second kappa shape index (κ2) is 47.4. The summed E-state index contributed by atoms with van der Waals surface area (Å²) in [6, 6.07) is 99.6. The third-order valence-corrected chi connectivity index (χ3v) is 31.1. The number of nitrogens with zero attached hydrogens (tertiary/aromatic N) is 2. The van der Waals surface area contributed by atoms with Crippen LogP contribution >= 0.6 is 127 Å². The highest BCUT2D eigenvalue weighted by atomic mass is 79.9. The lowest BCUT2D eigenvalue weighted by Crippen LogP contribution is -2.49. The molecule has 3 saturated heterocycles. The molecule has 0 spiro atoms. The second-order valence-corrected chi connectivity index (χ2v) is 42.7. The molecule has 3 fully saturated rings. The van der Waals surface area contributed by atoms with Crippen molar-refractivity contribution >= 4 is 251 Å². The van der Waals surface area contributed by atoms with Gasteiger partial charge >= 0.3 is 14.2 Å². The zero-order chi connectivity index (χ0) is 92.4. The molecule has 0 amide bonds. The van der Waals surface area contributed by atoms with Gasteiger partial charge in [0.1, 0.15) is 11.4 Å². The number of hydrogen-bond donors (Lipinski definition) is 0. The average molecular weight is 2290 g/mol. The largest absolute Gasteiger partial charge is 0.494 e. The van der Waals surface area contributed by atoms with Crippen LogP contribution in [0.1, 0.15) is 173 Å². The second-order valence-electron chi connectivity index (χ2n) is 35.6. The highest BCUT2D eigenvalue weighted by Crippen LogP contribution is 2.55. The fraction of sp³-hybridized carbons (Fsp3) is 0.298. The van der Waals surface area contributed by atoms with Gasteiger partial charge in [-0.3, -0.25) is 0 Å². The molecule has 0 saturated carbocycles. The van der Waals surface area contributed by atoms with Gasteiger partial charge in [0.25, 0.3) is 0 Å². The standard InChI is InChI=1S/C31H44B2O4.C29H33Br2NO3.C22H21Br2N.2C16H8Br2/c1-3-5-7-9-17-31(18-10-8-6-4-2)29-23-25(32-34-19-11-20-35-32)13-15-27(29)28-16-14-26(24-30(28)31)33-36-21-12-22-37-33;1-29(21-33-22-29)35-20-6-4-2-3-5-19-34-28-17-15-27(16-18-28)32(25-11-7-23(30)8-12-25)26-13-9-24(31)10-14-26;1-3-16(2)17-4-10-20(11-5-17)25(21-12-6-18(23)7-13-21)22-14-8-19(24)9-15-22;17-13-8-4-10-2-6-12-14(18)7-3-9-1-5-11(13)16(10)15(9)12;17-13-7-3-9-1-2-10-4-8-14(18)12-6-5-11(13)15(9)16(10)12/h13-16,23-24H,3-12,17-22H2,1-2H3;7-18H,2-6,19-22H2,1H3;4-16H,3H2,1-2H3;2*1-8H. The Labute approximate surface area is 853 Å². The van der Waals surface area contributed by atoms with E-state index in [2.05, 4.69) is 451 Å². The van der Waals surface area contributed by atoms with Crippen LogP contribution in [0.4, 0.5) is 34.1 Å². The van der Waals surface area contributed by atoms with E-state index in [-0.39, 0.29) is 25.3 Å². The van der Waals surface area contributed by atoms with Gasteiger partial charge in [0.05, 0.1) is 19.8 Å². The fourth-order valence-corrected chi connectivity index (χ4v) is 21.8. The summed E-state index contributed by atoms with van der Waals surface area (Å²) in [6.45, 7) is 17.4. The maximum absolute atomic E-state index is 6.04. The first-order chi connectivity index (χ1) is 64.9. The number of fused-ring (bicyclic) bond motifs is 3. The Kier molecular flexibility index (Phi) is 35.2. The molecular weight excluding hydrogens is 2170 g/mol. The highest BCUT2D eigenvalue weighted by Gasteiger charge is 2.45. The van der Waals surface area contributed by atoms with E-state index in [1.165, 1.54) is 176 Å². The summed E-state index contributed by atoms with van der Waals surface area (Å²) in [5.41, 5.74) is 16.2. The van der Waals surface area contributed by atoms with Crippen molar-refractivity contribution < 1.29 is 32.8 Å². The minimum atomic E-state index is -0.250. The van der Waals surface area contributed by atoms with E-state index in [0.29, 0.717) is 5.92 Å². The molecule has 3 aliphatic heterocycles. The molecule has 0 radical (unpaired) electrons. The zero-order valence-electron chi connectivity index (χ0n) is 76.5. The number of unbranched alkanes of at least 4 members (excludes halogenated alkanes) is 10. The van der Waals surface area contributed by atoms with E-state index < -0.39 is 0 Å². The van der Waals surface area contributed by atoms with Crippen molar-refractivity contribution in [2.45, 2.75) is 167 Å². The summed E-state index contributed by atoms with van der Waals surface area (Å²) >= 11 is 28.7. The van der Waals surface area contributed by atoms with Crippen molar-refractivity contribution in [3.63, 3.8) is 0 Å². The summed E-state index contributed by atoms with van der Waals surface area (Å²) in [7, 11) is -0.500. The van der Waals surface area contributed by atoms with Gasteiger partial charge in [0.2, 0.25) is 0 Å². The minimum absolute atomic E-state index is 0.0154. The van der Waals surface area contributed by atoms with Crippen LogP contribution in [0, 0.1) is 0 Å². The monoisotopic (exact) mass is 2280 g/mol. The molecule has 1 aliphatic carbocycles. The van der Waals surface area contributed by atoms with Crippen LogP contribution in [-0.2, 0) is 33.5 Å². The Bertz CT molecular complexity index is 6060. The maximum atomic E-state index is 6.04. The average Bonchev–Trinajstić information content (AvgIpc) is 1.55. The SMILES string of the molecule is Brc1ccc2ccc3c(Br)ccc4ccc1c2c43.Brc1ccc2ccc3ccc(Br)c4ccc1c2c34.CC1(OCCCCCCCOc2ccc(N(c3ccc(Br)cc3)c3ccc(Br)cc3)cc2)COC1.CCC(C)c1ccc(N(c2ccc(Br)cc2)c2ccc(Br)cc2)cc1.CCCCCCC1(CCCCCC)c2cc(B3OCCCO3)ccc2-c2ccc(B3OCCCO3)cc21. The third kappa shape index (κ3) is 24.0. The molecule has 1 unspecified atom stereocenters. The first-order valence-corrected chi connectivity index (χ1v) is 53.7. The number of halogens is 8. The van der Waals surface area contributed by atoms with Gasteiger partial charge in [-0.15, -0.1) is 0 Å². The van der Waals surface area contributed by atoms with E-state index in [9.17, 15) is 0 Å². The number of hydrogen-bond acceptors (Lipinski definition) is 9. The molecule has 133 heavy (non-hydrogen) atoms. The molecule has 19 heteroatoms. The van der Waals surface area contributed by atoms with Crippen LogP contribution in [0.15, 0.2) is 315 Å². The summed E-state index contributed by atoms with van der Waals surface area (Å²) in [5, 5.41) is 15.7. The third-order valence-electron chi connectivity index (χ3n) is 26.2. The molecule has 0 N–H and O–H groups in total. The molecule has 16 aromatic carbocycles. The molecule has 684 valence electrons. The molecule has 9 nitrogen and oxygen atoms in total. The lowest BCUT2D eigenvalue weighted by Gasteiger charge is -2.37. The predicted molar refractivity (Wildman–Crippen MR) is 591 cm³/mol. The maximum Gasteiger partial charge on any atom is 0.493 e. The summed E-state index contributed by atoms with van der Waals surface area (Å²) in [4.78, 5) is 4.52. The van der Waals surface area contributed by atoms with Crippen molar-refractivity contribution in [2.75, 3.05) is 62.7 Å². The molecule has 4 aliphatic rings. The summed E-state index contributed by atoms with van der Waals surface area (Å²) in [5.74, 6) is 1.49. The Morgan fingerprint density at radius 2 is 0.662 bits per heavy atom. The smallest absolute Gasteiger partial charge is 0.493 e. The van der Waals surface area contributed by atoms with Gasteiger partial charge in [-0.1, -0.05) is 347 Å². The summed E-state index contributed by atoms with van der Waals surface area (Å²) < 4.78 is 50.2. The van der Waals surface area contributed by atoms with Gasteiger partial charge in [-0.2, -0.15) is 0 Å². The van der Waals surface area contributed by atoms with Gasteiger partial charge in [-0.05, 0) is 319 Å². The van der Waals surface area contributed by atoms with Gasteiger partial charge in [0.15, 0.2) is 0 Å². The highest BCUT2D eigenvalue weighted by molar-refractivity contribution is 9.11. The first-order valence-electron chi connectivity index (χ1n) is 47.3. The lowest BCUT2D eigenvalue weighted by molar-refractivity contribution is -0.199. The Hall–Kier alpha value is -7.27. The molecule has 3 heterocycles. The zero-order valence-corrected chi connectivity index (χ0v) is 89.1. The minimum Gasteiger partial charge on any atom is -0.494 e. The predicted octanol–water partition coefficient (Wildman–Crippen LogP) is 35.4. The topological polar surface area (TPSA) is 71.1 Å². The van der Waals surface area contributed by atoms with Crippen LogP contribution in [0.2, 0.25) is 0 Å². The number of rotatable bonds is 30. The van der Waals surface area contributed by atoms with Crippen molar-refractivity contribution in [3.05, 3.63) is 332 Å². The summed E-state index contributed by atoms with van der Waals surface area (Å²) in [6.07, 6.45) is 21.5. The normalized spacial score (nSPS) is 14.4. The Morgan fingerprint density at radius 3 is 1.01 bits per heavy atom. The molecule has 20 rings (SSSR count). The van der Waals surface area contributed by atoms with Gasteiger partial charge in [-0.25, -0.2) is 0 Å². The first kappa shape index (κ1) is 98.8. The van der Waals surface area contributed by atoms with Crippen LogP contribution in [0.25, 0.3) is 75.8 Å². The van der Waals surface area contributed by atoms with E-state index in [1.807, 2.05) is 0 Å². The molecular formula is C114H114B2Br8N2O7. The van der Waals surface area contributed by atoms with Crippen molar-refractivity contribution in [3.8, 4) is 16.9 Å². The molecule has 16 aromatic rings. The van der Waals surface area contributed by atoms with Gasteiger partial charge < -0.3 is 42.6 Å². The van der Waals surface area contributed by atoms with E-state index in [1.54, 1.807) is 0 Å². The van der Waals surface area contributed by atoms with Crippen LogP contribution < -0.4 is 25.5 Å². The van der Waals surface area contributed by atoms with Crippen LogP contribution in [-0.4, -0.2) is 72.7 Å². The quantitative estimate of drug-likeness (QED) is 0.0249. The van der Waals surface area contributed by atoms with E-state index in [4.69, 9.17) is 32.8 Å². The lowest BCUT2D eigenvalue weighted by atomic mass is 9.67. The molecule has 0 aromatic heterocycles. The van der Waals surface area contributed by atoms with Crippen molar-refractivity contribution in [1.29, 1.82) is 0 Å². The van der Waals surface area contributed by atoms with Gasteiger partial charge in [0, 0.05) is 108 Å². The Morgan fingerprint density at radius 1 is 0.346 bits per heavy atom. The van der Waals surface area contributed by atoms with Crippen LogP contribution in [0.5, 0.6) is 5.75 Å². The van der Waals surface area contributed by atoms with Crippen molar-refractivity contribution in [1.82, 2.24) is 0 Å². The van der Waals surface area contributed by atoms with E-state index >= 15 is 0 Å². The fourth-order valence-electron chi connectivity index (χ4n) is 18.9. The molecule has 1 atom stereocenters.